The molecule has 0 bridgehead atoms. The first kappa shape index (κ1) is 18.1. The third-order valence-electron chi connectivity index (χ3n) is 5.36. The van der Waals surface area contributed by atoms with Gasteiger partial charge in [0.1, 0.15) is 17.8 Å². The van der Waals surface area contributed by atoms with Gasteiger partial charge in [-0.2, -0.15) is 15.8 Å². The zero-order chi connectivity index (χ0) is 21.4. The standard InChI is InChI=1S/C26H13N5/c27-13-17-8-9-26-24(10-17)22-6-1-2-7-25(22)31(26)21-5-3-4-18(11-21)23-12-20(15-29)30-16-19(23)14-28/h1-12,16H. The fourth-order valence-electron chi connectivity index (χ4n) is 3.98. The van der Waals surface area contributed by atoms with Crippen molar-refractivity contribution in [2.24, 2.45) is 0 Å². The Morgan fingerprint density at radius 2 is 1.55 bits per heavy atom. The lowest BCUT2D eigenvalue weighted by atomic mass is 10.0. The quantitative estimate of drug-likeness (QED) is 0.397. The van der Waals surface area contributed by atoms with E-state index in [1.54, 1.807) is 6.07 Å². The summed E-state index contributed by atoms with van der Waals surface area (Å²) in [7, 11) is 0. The van der Waals surface area contributed by atoms with E-state index in [-0.39, 0.29) is 5.69 Å². The van der Waals surface area contributed by atoms with Crippen LogP contribution in [0.25, 0.3) is 38.6 Å². The maximum absolute atomic E-state index is 9.52. The first-order valence-electron chi connectivity index (χ1n) is 9.58. The lowest BCUT2D eigenvalue weighted by Gasteiger charge is -2.11. The predicted molar refractivity (Wildman–Crippen MR) is 118 cm³/mol. The normalized spacial score (nSPS) is 10.5. The smallest absolute Gasteiger partial charge is 0.141 e. The van der Waals surface area contributed by atoms with Crippen LogP contribution >= 0.6 is 0 Å². The minimum atomic E-state index is 0.264. The van der Waals surface area contributed by atoms with Crippen LogP contribution in [0.4, 0.5) is 0 Å². The number of fused-ring (bicyclic) bond motifs is 3. The Bertz CT molecular complexity index is 1620. The van der Waals surface area contributed by atoms with Gasteiger partial charge in [0.2, 0.25) is 0 Å². The molecule has 0 aliphatic heterocycles. The van der Waals surface area contributed by atoms with E-state index in [1.165, 1.54) is 6.20 Å². The highest BCUT2D eigenvalue weighted by molar-refractivity contribution is 6.09. The van der Waals surface area contributed by atoms with Gasteiger partial charge in [0.05, 0.1) is 28.2 Å². The van der Waals surface area contributed by atoms with Crippen molar-refractivity contribution in [1.82, 2.24) is 9.55 Å². The van der Waals surface area contributed by atoms with Gasteiger partial charge in [-0.3, -0.25) is 0 Å². The number of hydrogen-bond donors (Lipinski definition) is 0. The summed E-state index contributed by atoms with van der Waals surface area (Å²) in [6.45, 7) is 0. The van der Waals surface area contributed by atoms with E-state index >= 15 is 0 Å². The Morgan fingerprint density at radius 3 is 2.35 bits per heavy atom. The molecule has 31 heavy (non-hydrogen) atoms. The molecule has 5 rings (SSSR count). The van der Waals surface area contributed by atoms with Crippen molar-refractivity contribution < 1.29 is 0 Å². The molecule has 2 heterocycles. The van der Waals surface area contributed by atoms with Crippen molar-refractivity contribution >= 4 is 21.8 Å². The van der Waals surface area contributed by atoms with E-state index in [9.17, 15) is 15.8 Å². The largest absolute Gasteiger partial charge is 0.309 e. The first-order chi connectivity index (χ1) is 15.2. The summed E-state index contributed by atoms with van der Waals surface area (Å²) in [5, 5.41) is 30.2. The number of para-hydroxylation sites is 1. The van der Waals surface area contributed by atoms with Gasteiger partial charge in [-0.1, -0.05) is 30.3 Å². The van der Waals surface area contributed by atoms with Gasteiger partial charge in [0, 0.05) is 28.2 Å². The molecule has 5 nitrogen and oxygen atoms in total. The lowest BCUT2D eigenvalue weighted by Crippen LogP contribution is -1.95. The zero-order valence-electron chi connectivity index (χ0n) is 16.2. The van der Waals surface area contributed by atoms with Gasteiger partial charge in [-0.25, -0.2) is 4.98 Å². The molecule has 0 aliphatic rings. The van der Waals surface area contributed by atoms with Crippen LogP contribution in [0, 0.1) is 34.0 Å². The second-order valence-corrected chi connectivity index (χ2v) is 7.09. The number of hydrogen-bond acceptors (Lipinski definition) is 4. The van der Waals surface area contributed by atoms with Gasteiger partial charge in [0.25, 0.3) is 0 Å². The van der Waals surface area contributed by atoms with E-state index in [2.05, 4.69) is 33.8 Å². The Balaban J connectivity index is 1.80. The van der Waals surface area contributed by atoms with Gasteiger partial charge >= 0.3 is 0 Å². The number of pyridine rings is 1. The number of nitrogens with zero attached hydrogens (tertiary/aromatic N) is 5. The molecule has 142 valence electrons. The van der Waals surface area contributed by atoms with Crippen molar-refractivity contribution in [2.75, 3.05) is 0 Å². The fraction of sp³-hybridized carbons (Fsp3) is 0. The molecule has 0 N–H and O–H groups in total. The van der Waals surface area contributed by atoms with E-state index in [0.29, 0.717) is 16.7 Å². The number of nitriles is 3. The summed E-state index contributed by atoms with van der Waals surface area (Å²) in [5.41, 5.74) is 5.73. The van der Waals surface area contributed by atoms with Crippen molar-refractivity contribution in [3.05, 3.63) is 95.8 Å². The number of aromatic nitrogens is 2. The third kappa shape index (κ3) is 2.88. The summed E-state index contributed by atoms with van der Waals surface area (Å²) in [6.07, 6.45) is 1.43. The molecule has 0 aliphatic carbocycles. The van der Waals surface area contributed by atoms with Crippen LogP contribution < -0.4 is 0 Å². The minimum Gasteiger partial charge on any atom is -0.309 e. The summed E-state index contributed by atoms with van der Waals surface area (Å²) in [5.74, 6) is 0. The number of rotatable bonds is 2. The molecule has 3 aromatic carbocycles. The topological polar surface area (TPSA) is 89.2 Å². The lowest BCUT2D eigenvalue weighted by molar-refractivity contribution is 1.18. The highest BCUT2D eigenvalue weighted by Crippen LogP contribution is 2.34. The van der Waals surface area contributed by atoms with Crippen molar-refractivity contribution in [3.8, 4) is 35.0 Å². The Kier molecular flexibility index (Phi) is 4.19. The van der Waals surface area contributed by atoms with E-state index in [4.69, 9.17) is 0 Å². The van der Waals surface area contributed by atoms with Gasteiger partial charge in [-0.15, -0.1) is 0 Å². The maximum atomic E-state index is 9.52. The predicted octanol–water partition coefficient (Wildman–Crippen LogP) is 5.46. The van der Waals surface area contributed by atoms with Crippen LogP contribution in [-0.4, -0.2) is 9.55 Å². The Labute approximate surface area is 178 Å². The molecule has 2 aromatic heterocycles. The summed E-state index contributed by atoms with van der Waals surface area (Å²) < 4.78 is 2.15. The first-order valence-corrected chi connectivity index (χ1v) is 9.58. The zero-order valence-corrected chi connectivity index (χ0v) is 16.2. The van der Waals surface area contributed by atoms with Crippen LogP contribution in [0.5, 0.6) is 0 Å². The molecule has 5 heteroatoms. The Morgan fingerprint density at radius 1 is 0.710 bits per heavy atom. The van der Waals surface area contributed by atoms with Gasteiger partial charge < -0.3 is 4.57 Å². The molecule has 0 radical (unpaired) electrons. The molecule has 0 amide bonds. The molecule has 0 saturated heterocycles. The van der Waals surface area contributed by atoms with Crippen LogP contribution in [0.1, 0.15) is 16.8 Å². The Hall–Kier alpha value is -4.92. The average Bonchev–Trinajstić information content (AvgIpc) is 3.17. The second-order valence-electron chi connectivity index (χ2n) is 7.09. The minimum absolute atomic E-state index is 0.264. The monoisotopic (exact) mass is 395 g/mol. The molecule has 0 spiro atoms. The summed E-state index contributed by atoms with van der Waals surface area (Å²) in [6, 6.07) is 29.7. The molecule has 0 unspecified atom stereocenters. The molecule has 0 fully saturated rings. The molecule has 5 aromatic rings. The van der Waals surface area contributed by atoms with E-state index in [1.807, 2.05) is 60.7 Å². The highest BCUT2D eigenvalue weighted by Gasteiger charge is 2.14. The van der Waals surface area contributed by atoms with Crippen molar-refractivity contribution in [2.45, 2.75) is 0 Å². The average molecular weight is 395 g/mol. The molecular weight excluding hydrogens is 382 g/mol. The SMILES string of the molecule is N#Cc1ccc2c(c1)c1ccccc1n2-c1cccc(-c2cc(C#N)ncc2C#N)c1. The molecule has 0 saturated carbocycles. The third-order valence-corrected chi connectivity index (χ3v) is 5.36. The van der Waals surface area contributed by atoms with Gasteiger partial charge in [-0.05, 0) is 48.0 Å². The summed E-state index contributed by atoms with van der Waals surface area (Å²) >= 11 is 0. The second kappa shape index (κ2) is 7.16. The maximum Gasteiger partial charge on any atom is 0.141 e. The molecular formula is C26H13N5. The van der Waals surface area contributed by atoms with Gasteiger partial charge in [0.15, 0.2) is 0 Å². The van der Waals surface area contributed by atoms with Crippen LogP contribution in [-0.2, 0) is 0 Å². The molecule has 0 atom stereocenters. The van der Waals surface area contributed by atoms with Crippen LogP contribution in [0.15, 0.2) is 79.0 Å². The summed E-state index contributed by atoms with van der Waals surface area (Å²) in [4.78, 5) is 4.01. The van der Waals surface area contributed by atoms with Crippen molar-refractivity contribution in [1.29, 1.82) is 15.8 Å². The fourth-order valence-corrected chi connectivity index (χ4v) is 3.98. The highest BCUT2D eigenvalue weighted by atomic mass is 15.0. The van der Waals surface area contributed by atoms with Crippen molar-refractivity contribution in [3.63, 3.8) is 0 Å². The van der Waals surface area contributed by atoms with E-state index < -0.39 is 0 Å². The van der Waals surface area contributed by atoms with E-state index in [0.717, 1.165) is 33.1 Å². The van der Waals surface area contributed by atoms with Crippen LogP contribution in [0.2, 0.25) is 0 Å². The number of benzene rings is 3. The van der Waals surface area contributed by atoms with Crippen LogP contribution in [0.3, 0.4) is 0 Å².